The van der Waals surface area contributed by atoms with Gasteiger partial charge in [-0.05, 0) is 38.2 Å². The molecule has 0 saturated heterocycles. The van der Waals surface area contributed by atoms with Gasteiger partial charge in [-0.15, -0.1) is 24.0 Å². The minimum absolute atomic E-state index is 0. The van der Waals surface area contributed by atoms with Gasteiger partial charge in [-0.1, -0.05) is 19.3 Å². The Morgan fingerprint density at radius 1 is 1.28 bits per heavy atom. The van der Waals surface area contributed by atoms with Gasteiger partial charge in [-0.3, -0.25) is 4.99 Å². The van der Waals surface area contributed by atoms with Crippen molar-refractivity contribution in [3.8, 4) is 0 Å². The van der Waals surface area contributed by atoms with Crippen molar-refractivity contribution in [2.45, 2.75) is 51.5 Å². The Balaban J connectivity index is 0.00000289. The van der Waals surface area contributed by atoms with Gasteiger partial charge >= 0.3 is 0 Å². The second-order valence-corrected chi connectivity index (χ2v) is 5.57. The minimum Gasteiger partial charge on any atom is -0.357 e. The fourth-order valence-electron chi connectivity index (χ4n) is 2.16. The second kappa shape index (κ2) is 12.4. The lowest BCUT2D eigenvalue weighted by Gasteiger charge is -2.24. The standard InChI is InChI=1S/C13H27N3S.HI/c1-3-14-13(15-10-7-11-17-2)16-12-8-5-4-6-9-12;/h12H,3-11H2,1-2H3,(H2,14,15,16);1H. The maximum atomic E-state index is 4.63. The zero-order chi connectivity index (χ0) is 12.3. The predicted octanol–water partition coefficient (Wildman–Crippen LogP) is 3.25. The van der Waals surface area contributed by atoms with Gasteiger partial charge in [0.25, 0.3) is 0 Å². The molecule has 0 unspecified atom stereocenters. The summed E-state index contributed by atoms with van der Waals surface area (Å²) in [4.78, 5) is 4.63. The van der Waals surface area contributed by atoms with E-state index in [9.17, 15) is 0 Å². The average Bonchev–Trinajstić information content (AvgIpc) is 2.36. The van der Waals surface area contributed by atoms with Crippen molar-refractivity contribution in [3.63, 3.8) is 0 Å². The summed E-state index contributed by atoms with van der Waals surface area (Å²) in [7, 11) is 0. The highest BCUT2D eigenvalue weighted by Gasteiger charge is 2.13. The maximum absolute atomic E-state index is 4.63. The quantitative estimate of drug-likeness (QED) is 0.319. The van der Waals surface area contributed by atoms with E-state index in [1.807, 2.05) is 11.8 Å². The molecule has 0 aromatic carbocycles. The normalized spacial score (nSPS) is 17.1. The number of rotatable bonds is 6. The van der Waals surface area contributed by atoms with Crippen molar-refractivity contribution < 1.29 is 0 Å². The van der Waals surface area contributed by atoms with Crippen molar-refractivity contribution in [1.82, 2.24) is 10.6 Å². The van der Waals surface area contributed by atoms with E-state index in [1.165, 1.54) is 44.3 Å². The van der Waals surface area contributed by atoms with Crippen LogP contribution in [0.25, 0.3) is 0 Å². The van der Waals surface area contributed by atoms with E-state index in [0.717, 1.165) is 19.0 Å². The first-order valence-electron chi connectivity index (χ1n) is 6.90. The molecule has 1 aliphatic carbocycles. The number of halogens is 1. The van der Waals surface area contributed by atoms with Crippen LogP contribution in [0.15, 0.2) is 4.99 Å². The zero-order valence-electron chi connectivity index (χ0n) is 11.7. The number of hydrogen-bond donors (Lipinski definition) is 2. The van der Waals surface area contributed by atoms with Crippen LogP contribution in [0.3, 0.4) is 0 Å². The van der Waals surface area contributed by atoms with E-state index < -0.39 is 0 Å². The molecule has 3 nitrogen and oxygen atoms in total. The van der Waals surface area contributed by atoms with Gasteiger partial charge in [0.15, 0.2) is 5.96 Å². The molecule has 0 aliphatic heterocycles. The highest BCUT2D eigenvalue weighted by molar-refractivity contribution is 14.0. The molecule has 18 heavy (non-hydrogen) atoms. The van der Waals surface area contributed by atoms with Gasteiger partial charge in [-0.25, -0.2) is 0 Å². The summed E-state index contributed by atoms with van der Waals surface area (Å²) in [6.45, 7) is 4.00. The first-order chi connectivity index (χ1) is 8.36. The molecule has 0 aromatic rings. The van der Waals surface area contributed by atoms with Crippen LogP contribution in [0.5, 0.6) is 0 Å². The fraction of sp³-hybridized carbons (Fsp3) is 0.923. The van der Waals surface area contributed by atoms with Crippen molar-refractivity contribution in [2.24, 2.45) is 4.99 Å². The van der Waals surface area contributed by atoms with Crippen LogP contribution in [-0.4, -0.2) is 37.1 Å². The van der Waals surface area contributed by atoms with Crippen LogP contribution >= 0.6 is 35.7 Å². The average molecular weight is 385 g/mol. The van der Waals surface area contributed by atoms with E-state index in [4.69, 9.17) is 0 Å². The minimum atomic E-state index is 0. The molecule has 2 N–H and O–H groups in total. The van der Waals surface area contributed by atoms with E-state index in [1.54, 1.807) is 0 Å². The molecule has 0 aromatic heterocycles. The highest BCUT2D eigenvalue weighted by atomic mass is 127. The molecule has 0 heterocycles. The third-order valence-electron chi connectivity index (χ3n) is 3.07. The summed E-state index contributed by atoms with van der Waals surface area (Å²) in [6, 6.07) is 0.641. The first-order valence-corrected chi connectivity index (χ1v) is 8.30. The van der Waals surface area contributed by atoms with Gasteiger partial charge in [0.2, 0.25) is 0 Å². The van der Waals surface area contributed by atoms with Crippen molar-refractivity contribution in [3.05, 3.63) is 0 Å². The van der Waals surface area contributed by atoms with Gasteiger partial charge in [-0.2, -0.15) is 11.8 Å². The third-order valence-corrected chi connectivity index (χ3v) is 3.76. The molecule has 0 radical (unpaired) electrons. The molecule has 0 spiro atoms. The summed E-state index contributed by atoms with van der Waals surface area (Å²) in [5.74, 6) is 2.22. The third kappa shape index (κ3) is 8.45. The van der Waals surface area contributed by atoms with Crippen molar-refractivity contribution >= 4 is 41.7 Å². The Hall–Kier alpha value is 0.350. The molecule has 1 fully saturated rings. The monoisotopic (exact) mass is 385 g/mol. The molecule has 5 heteroatoms. The summed E-state index contributed by atoms with van der Waals surface area (Å²) in [5, 5.41) is 6.90. The SMILES string of the molecule is CCNC(=NCCCSC)NC1CCCCC1.I. The Labute approximate surface area is 133 Å². The molecule has 108 valence electrons. The Bertz CT molecular complexity index is 218. The van der Waals surface area contributed by atoms with Crippen LogP contribution in [0.4, 0.5) is 0 Å². The highest BCUT2D eigenvalue weighted by Crippen LogP contribution is 2.17. The number of nitrogens with zero attached hydrogens (tertiary/aromatic N) is 1. The van der Waals surface area contributed by atoms with Crippen LogP contribution in [-0.2, 0) is 0 Å². The topological polar surface area (TPSA) is 36.4 Å². The lowest BCUT2D eigenvalue weighted by Crippen LogP contribution is -2.44. The lowest BCUT2D eigenvalue weighted by atomic mass is 9.96. The van der Waals surface area contributed by atoms with Crippen LogP contribution in [0.1, 0.15) is 45.4 Å². The first kappa shape index (κ1) is 18.4. The largest absolute Gasteiger partial charge is 0.357 e. The van der Waals surface area contributed by atoms with Crippen molar-refractivity contribution in [2.75, 3.05) is 25.1 Å². The summed E-state index contributed by atoms with van der Waals surface area (Å²) in [5.41, 5.74) is 0. The molecule has 1 aliphatic rings. The van der Waals surface area contributed by atoms with Gasteiger partial charge in [0.05, 0.1) is 0 Å². The van der Waals surface area contributed by atoms with Gasteiger partial charge in [0, 0.05) is 19.1 Å². The van der Waals surface area contributed by atoms with E-state index in [2.05, 4.69) is 28.8 Å². The van der Waals surface area contributed by atoms with Crippen LogP contribution in [0.2, 0.25) is 0 Å². The van der Waals surface area contributed by atoms with Crippen LogP contribution in [0, 0.1) is 0 Å². The van der Waals surface area contributed by atoms with E-state index in [0.29, 0.717) is 6.04 Å². The number of nitrogens with one attached hydrogen (secondary N) is 2. The molecular formula is C13H28IN3S. The molecule has 1 saturated carbocycles. The van der Waals surface area contributed by atoms with E-state index in [-0.39, 0.29) is 24.0 Å². The van der Waals surface area contributed by atoms with Crippen molar-refractivity contribution in [1.29, 1.82) is 0 Å². The molecule has 1 rings (SSSR count). The van der Waals surface area contributed by atoms with Crippen LogP contribution < -0.4 is 10.6 Å². The number of hydrogen-bond acceptors (Lipinski definition) is 2. The Morgan fingerprint density at radius 3 is 2.61 bits per heavy atom. The van der Waals surface area contributed by atoms with Gasteiger partial charge < -0.3 is 10.6 Å². The number of thioether (sulfide) groups is 1. The lowest BCUT2D eigenvalue weighted by molar-refractivity contribution is 0.410. The Morgan fingerprint density at radius 2 is 2.00 bits per heavy atom. The smallest absolute Gasteiger partial charge is 0.191 e. The predicted molar refractivity (Wildman–Crippen MR) is 94.4 cm³/mol. The number of aliphatic imine (C=N–C) groups is 1. The summed E-state index contributed by atoms with van der Waals surface area (Å²) >= 11 is 1.89. The molecule has 0 amide bonds. The zero-order valence-corrected chi connectivity index (χ0v) is 14.9. The Kier molecular flexibility index (Phi) is 12.6. The maximum Gasteiger partial charge on any atom is 0.191 e. The fourth-order valence-corrected chi connectivity index (χ4v) is 2.58. The van der Waals surface area contributed by atoms with E-state index >= 15 is 0 Å². The van der Waals surface area contributed by atoms with Gasteiger partial charge in [0.1, 0.15) is 0 Å². The summed E-state index contributed by atoms with van der Waals surface area (Å²) in [6.07, 6.45) is 10.1. The summed E-state index contributed by atoms with van der Waals surface area (Å²) < 4.78 is 0. The second-order valence-electron chi connectivity index (χ2n) is 4.59. The molecule has 0 bridgehead atoms. The molecular weight excluding hydrogens is 357 g/mol. The molecule has 0 atom stereocenters. The number of guanidine groups is 1.